The summed E-state index contributed by atoms with van der Waals surface area (Å²) in [6.45, 7) is 3.63. The van der Waals surface area contributed by atoms with Gasteiger partial charge in [0.15, 0.2) is 0 Å². The molecule has 0 N–H and O–H groups in total. The first kappa shape index (κ1) is 10.5. The smallest absolute Gasteiger partial charge is 0.127 e. The van der Waals surface area contributed by atoms with Crippen LogP contribution in [0.2, 0.25) is 0 Å². The number of allylic oxidation sites excluding steroid dienone is 1. The van der Waals surface area contributed by atoms with Crippen molar-refractivity contribution in [3.63, 3.8) is 0 Å². The predicted octanol–water partition coefficient (Wildman–Crippen LogP) is 4.10. The van der Waals surface area contributed by atoms with Crippen molar-refractivity contribution in [3.05, 3.63) is 46.7 Å². The van der Waals surface area contributed by atoms with Gasteiger partial charge >= 0.3 is 0 Å². The van der Waals surface area contributed by atoms with Gasteiger partial charge < -0.3 is 0 Å². The van der Waals surface area contributed by atoms with Gasteiger partial charge in [0.25, 0.3) is 0 Å². The zero-order chi connectivity index (χ0) is 9.68. The summed E-state index contributed by atoms with van der Waals surface area (Å²) in [5.74, 6) is -0.126. The largest absolute Gasteiger partial charge is 0.207 e. The van der Waals surface area contributed by atoms with Gasteiger partial charge in [-0.25, -0.2) is 4.39 Å². The topological polar surface area (TPSA) is 0 Å². The van der Waals surface area contributed by atoms with Gasteiger partial charge in [0, 0.05) is 4.47 Å². The van der Waals surface area contributed by atoms with Crippen LogP contribution < -0.4 is 0 Å². The summed E-state index contributed by atoms with van der Waals surface area (Å²) < 4.78 is 14.0. The van der Waals surface area contributed by atoms with Gasteiger partial charge in [0.1, 0.15) is 5.82 Å². The monoisotopic (exact) mass is 242 g/mol. The molecule has 0 aliphatic rings. The summed E-state index contributed by atoms with van der Waals surface area (Å²) in [4.78, 5) is 0. The van der Waals surface area contributed by atoms with Crippen molar-refractivity contribution in [2.75, 3.05) is 0 Å². The standard InChI is InChI=1S/C11H12BrF/c1-2-3-4-5-9-6-7-10(12)8-11(9)13/h2,6-8H,1,3-5H2. The Morgan fingerprint density at radius 1 is 1.46 bits per heavy atom. The van der Waals surface area contributed by atoms with Crippen LogP contribution >= 0.6 is 15.9 Å². The molecule has 2 heteroatoms. The fourth-order valence-electron chi connectivity index (χ4n) is 1.16. The van der Waals surface area contributed by atoms with Crippen LogP contribution in [0.4, 0.5) is 4.39 Å². The molecule has 0 unspecified atom stereocenters. The summed E-state index contributed by atoms with van der Waals surface area (Å²) in [7, 11) is 0. The lowest BCUT2D eigenvalue weighted by molar-refractivity contribution is 0.604. The molecule has 0 spiro atoms. The third kappa shape index (κ3) is 3.31. The lowest BCUT2D eigenvalue weighted by Crippen LogP contribution is -1.89. The molecule has 0 saturated carbocycles. The van der Waals surface area contributed by atoms with E-state index in [2.05, 4.69) is 22.5 Å². The van der Waals surface area contributed by atoms with Gasteiger partial charge in [-0.05, 0) is 37.0 Å². The maximum absolute atomic E-state index is 13.2. The lowest BCUT2D eigenvalue weighted by atomic mass is 10.1. The zero-order valence-electron chi connectivity index (χ0n) is 7.39. The van der Waals surface area contributed by atoms with Crippen LogP contribution in [-0.2, 0) is 6.42 Å². The second-order valence-corrected chi connectivity index (χ2v) is 3.83. The van der Waals surface area contributed by atoms with E-state index in [9.17, 15) is 4.39 Å². The minimum Gasteiger partial charge on any atom is -0.207 e. The minimum atomic E-state index is -0.126. The molecule has 0 radical (unpaired) electrons. The molecule has 0 amide bonds. The van der Waals surface area contributed by atoms with E-state index in [0.29, 0.717) is 0 Å². The molecule has 0 atom stereocenters. The Bertz CT molecular complexity index is 294. The number of rotatable bonds is 4. The van der Waals surface area contributed by atoms with Crippen LogP contribution in [0.5, 0.6) is 0 Å². The number of hydrogen-bond donors (Lipinski definition) is 0. The number of benzene rings is 1. The van der Waals surface area contributed by atoms with Gasteiger partial charge in [0.05, 0.1) is 0 Å². The normalized spacial score (nSPS) is 10.0. The second-order valence-electron chi connectivity index (χ2n) is 2.92. The minimum absolute atomic E-state index is 0.126. The van der Waals surface area contributed by atoms with Gasteiger partial charge in [-0.15, -0.1) is 6.58 Å². The highest BCUT2D eigenvalue weighted by atomic mass is 79.9. The van der Waals surface area contributed by atoms with Gasteiger partial charge in [0.2, 0.25) is 0 Å². The number of aryl methyl sites for hydroxylation is 1. The molecule has 0 nitrogen and oxygen atoms in total. The Kier molecular flexibility index (Phi) is 4.16. The Labute approximate surface area is 86.6 Å². The molecule has 1 aromatic carbocycles. The predicted molar refractivity (Wildman–Crippen MR) is 57.2 cm³/mol. The maximum atomic E-state index is 13.2. The van der Waals surface area contributed by atoms with Gasteiger partial charge in [-0.2, -0.15) is 0 Å². The first-order chi connectivity index (χ1) is 6.24. The van der Waals surface area contributed by atoms with Crippen LogP contribution in [-0.4, -0.2) is 0 Å². The summed E-state index contributed by atoms with van der Waals surface area (Å²) in [6, 6.07) is 5.19. The Hall–Kier alpha value is -0.630. The molecular formula is C11H12BrF. The molecule has 0 bridgehead atoms. The van der Waals surface area contributed by atoms with Crippen molar-refractivity contribution < 1.29 is 4.39 Å². The van der Waals surface area contributed by atoms with Gasteiger partial charge in [-0.3, -0.25) is 0 Å². The van der Waals surface area contributed by atoms with Crippen molar-refractivity contribution in [1.29, 1.82) is 0 Å². The molecule has 1 aromatic rings. The Balaban J connectivity index is 2.61. The van der Waals surface area contributed by atoms with E-state index in [-0.39, 0.29) is 5.82 Å². The SMILES string of the molecule is C=CCCCc1ccc(Br)cc1F. The molecule has 0 fully saturated rings. The fraction of sp³-hybridized carbons (Fsp3) is 0.273. The molecule has 0 heterocycles. The van der Waals surface area contributed by atoms with E-state index in [1.54, 1.807) is 0 Å². The average molecular weight is 243 g/mol. The van der Waals surface area contributed by atoms with E-state index in [4.69, 9.17) is 0 Å². The zero-order valence-corrected chi connectivity index (χ0v) is 8.98. The molecule has 0 aliphatic carbocycles. The summed E-state index contributed by atoms with van der Waals surface area (Å²) in [6.07, 6.45) is 4.54. The molecule has 0 aliphatic heterocycles. The van der Waals surface area contributed by atoms with Crippen molar-refractivity contribution in [1.82, 2.24) is 0 Å². The number of hydrogen-bond acceptors (Lipinski definition) is 0. The molecule has 0 aromatic heterocycles. The summed E-state index contributed by atoms with van der Waals surface area (Å²) in [5.41, 5.74) is 0.782. The van der Waals surface area contributed by atoms with E-state index in [1.807, 2.05) is 18.2 Å². The second kappa shape index (κ2) is 5.18. The van der Waals surface area contributed by atoms with E-state index < -0.39 is 0 Å². The number of unbranched alkanes of at least 4 members (excludes halogenated alkanes) is 1. The average Bonchev–Trinajstić information content (AvgIpc) is 2.09. The highest BCUT2D eigenvalue weighted by Gasteiger charge is 2.01. The molecule has 13 heavy (non-hydrogen) atoms. The highest BCUT2D eigenvalue weighted by molar-refractivity contribution is 9.10. The third-order valence-corrected chi connectivity index (χ3v) is 2.36. The quantitative estimate of drug-likeness (QED) is 0.551. The van der Waals surface area contributed by atoms with Crippen molar-refractivity contribution >= 4 is 15.9 Å². The lowest BCUT2D eigenvalue weighted by Gasteiger charge is -2.01. The summed E-state index contributed by atoms with van der Waals surface area (Å²) >= 11 is 3.22. The van der Waals surface area contributed by atoms with E-state index in [1.165, 1.54) is 6.07 Å². The van der Waals surface area contributed by atoms with E-state index in [0.717, 1.165) is 29.3 Å². The number of halogens is 2. The molecule has 1 rings (SSSR count). The maximum Gasteiger partial charge on any atom is 0.127 e. The first-order valence-corrected chi connectivity index (χ1v) is 5.08. The Morgan fingerprint density at radius 3 is 2.85 bits per heavy atom. The first-order valence-electron chi connectivity index (χ1n) is 4.29. The van der Waals surface area contributed by atoms with Crippen LogP contribution in [0.25, 0.3) is 0 Å². The summed E-state index contributed by atoms with van der Waals surface area (Å²) in [5, 5.41) is 0. The van der Waals surface area contributed by atoms with Crippen LogP contribution in [0.1, 0.15) is 18.4 Å². The molecular weight excluding hydrogens is 231 g/mol. The van der Waals surface area contributed by atoms with Crippen molar-refractivity contribution in [2.45, 2.75) is 19.3 Å². The van der Waals surface area contributed by atoms with Crippen LogP contribution in [0.15, 0.2) is 35.3 Å². The highest BCUT2D eigenvalue weighted by Crippen LogP contribution is 2.16. The van der Waals surface area contributed by atoms with Gasteiger partial charge in [-0.1, -0.05) is 28.1 Å². The Morgan fingerprint density at radius 2 is 2.23 bits per heavy atom. The van der Waals surface area contributed by atoms with Crippen molar-refractivity contribution in [3.8, 4) is 0 Å². The third-order valence-electron chi connectivity index (χ3n) is 1.87. The molecule has 70 valence electrons. The van der Waals surface area contributed by atoms with E-state index >= 15 is 0 Å². The fourth-order valence-corrected chi connectivity index (χ4v) is 1.49. The van der Waals surface area contributed by atoms with Crippen LogP contribution in [0, 0.1) is 5.82 Å². The molecule has 0 saturated heterocycles. The van der Waals surface area contributed by atoms with Crippen molar-refractivity contribution in [2.24, 2.45) is 0 Å². The van der Waals surface area contributed by atoms with Crippen LogP contribution in [0.3, 0.4) is 0 Å².